The van der Waals surface area contributed by atoms with Gasteiger partial charge < -0.3 is 10.6 Å². The molecule has 0 bridgehead atoms. The van der Waals surface area contributed by atoms with Gasteiger partial charge in [-0.25, -0.2) is 0 Å². The number of rotatable bonds is 2. The minimum atomic E-state index is 0.281. The van der Waals surface area contributed by atoms with Gasteiger partial charge in [0.05, 0.1) is 0 Å². The van der Waals surface area contributed by atoms with E-state index in [1.54, 1.807) is 0 Å². The van der Waals surface area contributed by atoms with Crippen LogP contribution < -0.4 is 5.73 Å². The number of nitrogens with two attached hydrogens (primary N) is 1. The van der Waals surface area contributed by atoms with Crippen LogP contribution >= 0.6 is 11.8 Å². The molecule has 0 spiro atoms. The first-order valence-electron chi connectivity index (χ1n) is 6.80. The van der Waals surface area contributed by atoms with E-state index in [2.05, 4.69) is 11.8 Å². The van der Waals surface area contributed by atoms with Gasteiger partial charge >= 0.3 is 0 Å². The Morgan fingerprint density at radius 3 is 2.65 bits per heavy atom. The number of amides is 1. The average molecular weight is 256 g/mol. The highest BCUT2D eigenvalue weighted by Gasteiger charge is 2.32. The van der Waals surface area contributed by atoms with Crippen molar-refractivity contribution < 1.29 is 4.79 Å². The van der Waals surface area contributed by atoms with Crippen molar-refractivity contribution in [2.45, 2.75) is 38.6 Å². The Morgan fingerprint density at radius 1 is 1.35 bits per heavy atom. The van der Waals surface area contributed by atoms with Gasteiger partial charge in [0, 0.05) is 30.0 Å². The summed E-state index contributed by atoms with van der Waals surface area (Å²) in [6.45, 7) is 3.91. The van der Waals surface area contributed by atoms with Crippen molar-refractivity contribution in [3.8, 4) is 0 Å². The van der Waals surface area contributed by atoms with Crippen LogP contribution in [-0.2, 0) is 4.79 Å². The molecule has 2 aliphatic rings. The lowest BCUT2D eigenvalue weighted by Crippen LogP contribution is -2.47. The Hall–Kier alpha value is -0.220. The molecular weight excluding hydrogens is 232 g/mol. The van der Waals surface area contributed by atoms with Crippen molar-refractivity contribution in [3.63, 3.8) is 0 Å². The first kappa shape index (κ1) is 13.2. The molecule has 1 aliphatic carbocycles. The van der Waals surface area contributed by atoms with Gasteiger partial charge in [-0.05, 0) is 45.1 Å². The van der Waals surface area contributed by atoms with E-state index in [4.69, 9.17) is 5.73 Å². The van der Waals surface area contributed by atoms with E-state index in [9.17, 15) is 4.79 Å². The summed E-state index contributed by atoms with van der Waals surface area (Å²) in [4.78, 5) is 14.6. The van der Waals surface area contributed by atoms with Crippen LogP contribution in [0.1, 0.15) is 32.6 Å². The van der Waals surface area contributed by atoms with E-state index in [0.717, 1.165) is 50.3 Å². The molecule has 2 fully saturated rings. The highest BCUT2D eigenvalue weighted by Crippen LogP contribution is 2.30. The molecule has 1 unspecified atom stereocenters. The Morgan fingerprint density at radius 2 is 2.06 bits per heavy atom. The van der Waals surface area contributed by atoms with E-state index >= 15 is 0 Å². The quantitative estimate of drug-likeness (QED) is 0.818. The van der Waals surface area contributed by atoms with Gasteiger partial charge in [0.2, 0.25) is 5.91 Å². The second kappa shape index (κ2) is 6.10. The third-order valence-electron chi connectivity index (χ3n) is 4.18. The normalized spacial score (nSPS) is 34.7. The van der Waals surface area contributed by atoms with Gasteiger partial charge in [-0.3, -0.25) is 4.79 Å². The van der Waals surface area contributed by atoms with Gasteiger partial charge in [-0.15, -0.1) is 0 Å². The predicted octanol–water partition coefficient (Wildman–Crippen LogP) is 1.72. The molecule has 1 atom stereocenters. The van der Waals surface area contributed by atoms with E-state index in [-0.39, 0.29) is 5.92 Å². The summed E-state index contributed by atoms with van der Waals surface area (Å²) < 4.78 is 0. The van der Waals surface area contributed by atoms with Crippen LogP contribution in [0.5, 0.6) is 0 Å². The Bertz CT molecular complexity index is 264. The van der Waals surface area contributed by atoms with Crippen LogP contribution in [0.3, 0.4) is 0 Å². The summed E-state index contributed by atoms with van der Waals surface area (Å²) in [5, 5.41) is 0. The van der Waals surface area contributed by atoms with Crippen LogP contribution in [0.2, 0.25) is 0 Å². The zero-order valence-electron chi connectivity index (χ0n) is 10.7. The highest BCUT2D eigenvalue weighted by molar-refractivity contribution is 7.99. The molecule has 0 aromatic rings. The number of nitrogens with zero attached hydrogens (tertiary/aromatic N) is 1. The molecule has 0 radical (unpaired) electrons. The summed E-state index contributed by atoms with van der Waals surface area (Å²) in [7, 11) is 0. The molecule has 3 nitrogen and oxygen atoms in total. The zero-order valence-corrected chi connectivity index (χ0v) is 11.5. The SMILES string of the molecule is CC1CSCCN1C(=O)C1CCC(CN)CC1. The average Bonchev–Trinajstić information content (AvgIpc) is 2.39. The molecule has 0 aromatic heterocycles. The van der Waals surface area contributed by atoms with Crippen molar-refractivity contribution in [2.24, 2.45) is 17.6 Å². The maximum atomic E-state index is 12.4. The second-order valence-electron chi connectivity index (χ2n) is 5.41. The lowest BCUT2D eigenvalue weighted by molar-refractivity contribution is -0.138. The van der Waals surface area contributed by atoms with Crippen LogP contribution in [0.25, 0.3) is 0 Å². The van der Waals surface area contributed by atoms with E-state index in [1.165, 1.54) is 0 Å². The molecular formula is C13H24N2OS. The first-order valence-corrected chi connectivity index (χ1v) is 7.96. The van der Waals surface area contributed by atoms with Crippen molar-refractivity contribution in [1.29, 1.82) is 0 Å². The number of thioether (sulfide) groups is 1. The smallest absolute Gasteiger partial charge is 0.225 e. The molecule has 1 aliphatic heterocycles. The highest BCUT2D eigenvalue weighted by atomic mass is 32.2. The molecule has 1 saturated heterocycles. The third-order valence-corrected chi connectivity index (χ3v) is 5.37. The molecule has 98 valence electrons. The molecule has 1 amide bonds. The zero-order chi connectivity index (χ0) is 12.3. The van der Waals surface area contributed by atoms with Gasteiger partial charge in [0.1, 0.15) is 0 Å². The van der Waals surface area contributed by atoms with Crippen molar-refractivity contribution >= 4 is 17.7 Å². The van der Waals surface area contributed by atoms with Crippen LogP contribution in [-0.4, -0.2) is 41.4 Å². The number of carbonyl (C=O) groups is 1. The molecule has 0 aromatic carbocycles. The fourth-order valence-corrected chi connectivity index (χ4v) is 3.95. The van der Waals surface area contributed by atoms with Crippen molar-refractivity contribution in [2.75, 3.05) is 24.6 Å². The van der Waals surface area contributed by atoms with Gasteiger partial charge in [0.15, 0.2) is 0 Å². The van der Waals surface area contributed by atoms with E-state index < -0.39 is 0 Å². The summed E-state index contributed by atoms with van der Waals surface area (Å²) in [5.74, 6) is 3.56. The van der Waals surface area contributed by atoms with Gasteiger partial charge in [0.25, 0.3) is 0 Å². The number of carbonyl (C=O) groups excluding carboxylic acids is 1. The Labute approximate surface area is 108 Å². The van der Waals surface area contributed by atoms with Crippen molar-refractivity contribution in [1.82, 2.24) is 4.90 Å². The fraction of sp³-hybridized carbons (Fsp3) is 0.923. The monoisotopic (exact) mass is 256 g/mol. The summed E-state index contributed by atoms with van der Waals surface area (Å²) >= 11 is 1.96. The number of hydrogen-bond donors (Lipinski definition) is 1. The standard InChI is InChI=1S/C13H24N2OS/c1-10-9-17-7-6-15(10)13(16)12-4-2-11(8-14)3-5-12/h10-12H,2-9,14H2,1H3. The maximum absolute atomic E-state index is 12.4. The summed E-state index contributed by atoms with van der Waals surface area (Å²) in [5.41, 5.74) is 5.69. The van der Waals surface area contributed by atoms with E-state index in [1.807, 2.05) is 11.8 Å². The van der Waals surface area contributed by atoms with Crippen molar-refractivity contribution in [3.05, 3.63) is 0 Å². The van der Waals surface area contributed by atoms with Gasteiger partial charge in [-0.1, -0.05) is 0 Å². The van der Waals surface area contributed by atoms with Crippen LogP contribution in [0, 0.1) is 11.8 Å². The number of hydrogen-bond acceptors (Lipinski definition) is 3. The lowest BCUT2D eigenvalue weighted by Gasteiger charge is -2.37. The predicted molar refractivity (Wildman–Crippen MR) is 73.0 cm³/mol. The van der Waals surface area contributed by atoms with Gasteiger partial charge in [-0.2, -0.15) is 11.8 Å². The summed E-state index contributed by atoms with van der Waals surface area (Å²) in [6.07, 6.45) is 4.39. The molecule has 1 saturated carbocycles. The molecule has 2 rings (SSSR count). The molecule has 2 N–H and O–H groups in total. The lowest BCUT2D eigenvalue weighted by atomic mass is 9.81. The molecule has 1 heterocycles. The van der Waals surface area contributed by atoms with E-state index in [0.29, 0.717) is 17.9 Å². The summed E-state index contributed by atoms with van der Waals surface area (Å²) in [6, 6.07) is 0.425. The van der Waals surface area contributed by atoms with Crippen LogP contribution in [0.15, 0.2) is 0 Å². The Kier molecular flexibility index (Phi) is 4.74. The topological polar surface area (TPSA) is 46.3 Å². The third kappa shape index (κ3) is 3.16. The first-order chi connectivity index (χ1) is 8.22. The largest absolute Gasteiger partial charge is 0.338 e. The molecule has 4 heteroatoms. The minimum absolute atomic E-state index is 0.281. The fourth-order valence-electron chi connectivity index (χ4n) is 2.93. The van der Waals surface area contributed by atoms with Crippen LogP contribution in [0.4, 0.5) is 0 Å². The maximum Gasteiger partial charge on any atom is 0.225 e. The Balaban J connectivity index is 1.87. The molecule has 17 heavy (non-hydrogen) atoms. The minimum Gasteiger partial charge on any atom is -0.338 e. The second-order valence-corrected chi connectivity index (χ2v) is 6.56.